The van der Waals surface area contributed by atoms with E-state index in [4.69, 9.17) is 0 Å². The second-order valence-corrected chi connectivity index (χ2v) is 2.68. The third-order valence-electron chi connectivity index (χ3n) is 1.61. The highest BCUT2D eigenvalue weighted by Crippen LogP contribution is 2.18. The van der Waals surface area contributed by atoms with E-state index in [1.807, 2.05) is 0 Å². The zero-order chi connectivity index (χ0) is 4.57. The molecular weight excluding hydrogens is 69.7 g/mol. The SMILES string of the molecule is CB1CB(C)C1. The summed E-state index contributed by atoms with van der Waals surface area (Å²) in [7, 11) is 0. The van der Waals surface area contributed by atoms with Crippen LogP contribution >= 0.6 is 0 Å². The molecule has 0 nitrogen and oxygen atoms in total. The Morgan fingerprint density at radius 2 is 1.33 bits per heavy atom. The maximum Gasteiger partial charge on any atom is 0.121 e. The summed E-state index contributed by atoms with van der Waals surface area (Å²) in [6.45, 7) is 6.72. The molecule has 1 rings (SSSR count). The fraction of sp³-hybridized carbons (Fsp3) is 1.00. The third kappa shape index (κ3) is 0.612. The Bertz CT molecular complexity index is 41.5. The van der Waals surface area contributed by atoms with Crippen LogP contribution in [0.25, 0.3) is 0 Å². The van der Waals surface area contributed by atoms with E-state index in [2.05, 4.69) is 13.6 Å². The van der Waals surface area contributed by atoms with Crippen LogP contribution in [0.5, 0.6) is 0 Å². The van der Waals surface area contributed by atoms with Crippen molar-refractivity contribution in [3.05, 3.63) is 0 Å². The van der Waals surface area contributed by atoms with Crippen molar-refractivity contribution in [2.24, 2.45) is 0 Å². The molecule has 0 aromatic heterocycles. The van der Waals surface area contributed by atoms with Crippen LogP contribution in [0.15, 0.2) is 0 Å². The maximum atomic E-state index is 2.32. The standard InChI is InChI=1S/C4H10B2/c1-5-3-6(2)4-5/h3-4H2,1-2H3. The molecule has 0 bridgehead atoms. The summed E-state index contributed by atoms with van der Waals surface area (Å²) in [5.74, 6) is 0. The van der Waals surface area contributed by atoms with E-state index in [0.29, 0.717) is 0 Å². The van der Waals surface area contributed by atoms with Crippen LogP contribution in [0, 0.1) is 0 Å². The molecule has 1 aliphatic heterocycles. The van der Waals surface area contributed by atoms with Gasteiger partial charge in [-0.3, -0.25) is 0 Å². The van der Waals surface area contributed by atoms with E-state index in [9.17, 15) is 0 Å². The molecule has 0 N–H and O–H groups in total. The van der Waals surface area contributed by atoms with Gasteiger partial charge in [-0.05, 0) is 0 Å². The van der Waals surface area contributed by atoms with Crippen molar-refractivity contribution in [2.45, 2.75) is 26.1 Å². The zero-order valence-corrected chi connectivity index (χ0v) is 4.57. The van der Waals surface area contributed by atoms with E-state index in [-0.39, 0.29) is 0 Å². The molecule has 0 radical (unpaired) electrons. The van der Waals surface area contributed by atoms with Crippen LogP contribution in [-0.4, -0.2) is 13.4 Å². The zero-order valence-electron chi connectivity index (χ0n) is 4.57. The average Bonchev–Trinajstić information content (AvgIpc) is 1.33. The molecule has 6 heavy (non-hydrogen) atoms. The summed E-state index contributed by atoms with van der Waals surface area (Å²) in [6.07, 6.45) is 2.94. The van der Waals surface area contributed by atoms with Crippen molar-refractivity contribution >= 4 is 13.4 Å². The molecule has 1 fully saturated rings. The van der Waals surface area contributed by atoms with Crippen LogP contribution in [0.1, 0.15) is 0 Å². The highest BCUT2D eigenvalue weighted by Gasteiger charge is 2.25. The van der Waals surface area contributed by atoms with E-state index in [1.54, 1.807) is 0 Å². The Morgan fingerprint density at radius 1 is 1.00 bits per heavy atom. The number of hydrogen-bond acceptors (Lipinski definition) is 0. The molecule has 0 spiro atoms. The van der Waals surface area contributed by atoms with Gasteiger partial charge >= 0.3 is 0 Å². The molecule has 0 aromatic rings. The Hall–Kier alpha value is 0.130. The number of rotatable bonds is 0. The fourth-order valence-electron chi connectivity index (χ4n) is 1.30. The highest BCUT2D eigenvalue weighted by molar-refractivity contribution is 6.93. The van der Waals surface area contributed by atoms with Crippen LogP contribution in [0.4, 0.5) is 0 Å². The topological polar surface area (TPSA) is 0 Å². The Morgan fingerprint density at radius 3 is 1.33 bits per heavy atom. The van der Waals surface area contributed by atoms with Gasteiger partial charge < -0.3 is 0 Å². The summed E-state index contributed by atoms with van der Waals surface area (Å²) in [5, 5.41) is 0. The van der Waals surface area contributed by atoms with Gasteiger partial charge in [-0.2, -0.15) is 0 Å². The lowest BCUT2D eigenvalue weighted by Crippen LogP contribution is -2.34. The third-order valence-corrected chi connectivity index (χ3v) is 1.61. The Balaban J connectivity index is 2.11. The van der Waals surface area contributed by atoms with Crippen molar-refractivity contribution in [2.75, 3.05) is 0 Å². The highest BCUT2D eigenvalue weighted by atomic mass is 13.7. The molecule has 0 atom stereocenters. The van der Waals surface area contributed by atoms with Crippen molar-refractivity contribution in [1.29, 1.82) is 0 Å². The smallest absolute Gasteiger partial charge is 0.0963 e. The molecule has 1 saturated heterocycles. The summed E-state index contributed by atoms with van der Waals surface area (Å²) in [6, 6.07) is 0. The van der Waals surface area contributed by atoms with Gasteiger partial charge in [0.25, 0.3) is 0 Å². The lowest BCUT2D eigenvalue weighted by atomic mass is 9.10. The fourth-order valence-corrected chi connectivity index (χ4v) is 1.30. The lowest BCUT2D eigenvalue weighted by molar-refractivity contribution is 1.52. The second kappa shape index (κ2) is 1.32. The average molecular weight is 79.7 g/mol. The first-order chi connectivity index (χ1) is 2.79. The molecule has 0 aromatic carbocycles. The molecular formula is C4H10B2. The normalized spacial score (nSPS) is 21.0. The van der Waals surface area contributed by atoms with Gasteiger partial charge in [0.15, 0.2) is 0 Å². The summed E-state index contributed by atoms with van der Waals surface area (Å²) < 4.78 is 0. The van der Waals surface area contributed by atoms with Crippen molar-refractivity contribution in [3.8, 4) is 0 Å². The first kappa shape index (κ1) is 4.29. The largest absolute Gasteiger partial charge is 0.121 e. The molecule has 1 heterocycles. The predicted octanol–water partition coefficient (Wildman–Crippen LogP) is 1.33. The Kier molecular flexibility index (Phi) is 0.947. The second-order valence-electron chi connectivity index (χ2n) is 2.68. The van der Waals surface area contributed by atoms with E-state index < -0.39 is 0 Å². The van der Waals surface area contributed by atoms with Crippen molar-refractivity contribution in [1.82, 2.24) is 0 Å². The molecule has 2 heteroatoms. The molecule has 0 unspecified atom stereocenters. The summed E-state index contributed by atoms with van der Waals surface area (Å²) in [5.41, 5.74) is 0. The van der Waals surface area contributed by atoms with Crippen molar-refractivity contribution < 1.29 is 0 Å². The molecule has 32 valence electrons. The maximum absolute atomic E-state index is 2.32. The van der Waals surface area contributed by atoms with Crippen LogP contribution in [0.3, 0.4) is 0 Å². The van der Waals surface area contributed by atoms with Gasteiger partial charge in [0.1, 0.15) is 13.4 Å². The minimum absolute atomic E-state index is 1.04. The van der Waals surface area contributed by atoms with Gasteiger partial charge in [0.2, 0.25) is 0 Å². The number of hydrogen-bond donors (Lipinski definition) is 0. The molecule has 1 aliphatic rings. The first-order valence-electron chi connectivity index (χ1n) is 2.79. The van der Waals surface area contributed by atoms with Crippen molar-refractivity contribution in [3.63, 3.8) is 0 Å². The van der Waals surface area contributed by atoms with Crippen LogP contribution in [0.2, 0.25) is 26.1 Å². The predicted molar refractivity (Wildman–Crippen MR) is 32.8 cm³/mol. The Labute approximate surface area is 40.5 Å². The first-order valence-corrected chi connectivity index (χ1v) is 2.79. The summed E-state index contributed by atoms with van der Waals surface area (Å²) in [4.78, 5) is 0. The summed E-state index contributed by atoms with van der Waals surface area (Å²) >= 11 is 0. The van der Waals surface area contributed by atoms with Gasteiger partial charge in [-0.1, -0.05) is 26.1 Å². The van der Waals surface area contributed by atoms with Gasteiger partial charge in [-0.25, -0.2) is 0 Å². The van der Waals surface area contributed by atoms with Gasteiger partial charge in [0, 0.05) is 0 Å². The van der Waals surface area contributed by atoms with Gasteiger partial charge in [-0.15, -0.1) is 0 Å². The van der Waals surface area contributed by atoms with E-state index in [1.165, 1.54) is 12.4 Å². The minimum Gasteiger partial charge on any atom is -0.0963 e. The minimum atomic E-state index is 1.04. The van der Waals surface area contributed by atoms with Crippen LogP contribution < -0.4 is 0 Å². The molecule has 0 aliphatic carbocycles. The van der Waals surface area contributed by atoms with E-state index in [0.717, 1.165) is 13.4 Å². The lowest BCUT2D eigenvalue weighted by Gasteiger charge is -2.22. The van der Waals surface area contributed by atoms with Gasteiger partial charge in [0.05, 0.1) is 0 Å². The van der Waals surface area contributed by atoms with E-state index >= 15 is 0 Å². The monoisotopic (exact) mass is 80.1 g/mol. The molecule has 0 saturated carbocycles. The molecule has 0 amide bonds. The van der Waals surface area contributed by atoms with Crippen LogP contribution in [-0.2, 0) is 0 Å². The quantitative estimate of drug-likeness (QED) is 0.385.